The normalized spacial score (nSPS) is 16.8. The monoisotopic (exact) mass is 245 g/mol. The van der Waals surface area contributed by atoms with Crippen molar-refractivity contribution in [1.29, 1.82) is 0 Å². The highest BCUT2D eigenvalue weighted by Gasteiger charge is 2.11. The van der Waals surface area contributed by atoms with Gasteiger partial charge >= 0.3 is 0 Å². The molecular weight excluding hydrogens is 222 g/mol. The van der Waals surface area contributed by atoms with Crippen molar-refractivity contribution in [2.24, 2.45) is 0 Å². The summed E-state index contributed by atoms with van der Waals surface area (Å²) in [7, 11) is 0. The summed E-state index contributed by atoms with van der Waals surface area (Å²) in [6.45, 7) is 9.71. The summed E-state index contributed by atoms with van der Waals surface area (Å²) in [4.78, 5) is 2.46. The van der Waals surface area contributed by atoms with Crippen LogP contribution in [0.5, 0.6) is 5.75 Å². The van der Waals surface area contributed by atoms with Crippen LogP contribution in [0.1, 0.15) is 32.8 Å². The molecule has 2 nitrogen and oxygen atoms in total. The summed E-state index contributed by atoms with van der Waals surface area (Å²) in [6, 6.07) is 8.46. The fourth-order valence-corrected chi connectivity index (χ4v) is 2.30. The van der Waals surface area contributed by atoms with Gasteiger partial charge in [0.2, 0.25) is 0 Å². The third-order valence-electron chi connectivity index (χ3n) is 3.32. The maximum absolute atomic E-state index is 5.75. The molecule has 0 aromatic heterocycles. The van der Waals surface area contributed by atoms with Gasteiger partial charge in [-0.15, -0.1) is 0 Å². The van der Waals surface area contributed by atoms with Gasteiger partial charge in [0.05, 0.1) is 6.10 Å². The molecule has 18 heavy (non-hydrogen) atoms. The van der Waals surface area contributed by atoms with Crippen LogP contribution in [0, 0.1) is 0 Å². The van der Waals surface area contributed by atoms with Crippen molar-refractivity contribution < 1.29 is 4.74 Å². The Hall–Kier alpha value is -1.28. The Morgan fingerprint density at radius 2 is 2.17 bits per heavy atom. The second kappa shape index (κ2) is 6.05. The van der Waals surface area contributed by atoms with Crippen LogP contribution in [-0.2, 0) is 0 Å². The number of hydrogen-bond donors (Lipinski definition) is 0. The van der Waals surface area contributed by atoms with Crippen LogP contribution in [0.15, 0.2) is 30.3 Å². The average Bonchev–Trinajstić information content (AvgIpc) is 2.38. The van der Waals surface area contributed by atoms with Gasteiger partial charge in [-0.25, -0.2) is 0 Å². The third kappa shape index (κ3) is 3.36. The molecule has 1 aromatic rings. The Balaban J connectivity index is 2.11. The predicted molar refractivity (Wildman–Crippen MR) is 76.9 cm³/mol. The van der Waals surface area contributed by atoms with Crippen LogP contribution in [0.3, 0.4) is 0 Å². The molecule has 98 valence electrons. The van der Waals surface area contributed by atoms with E-state index in [9.17, 15) is 0 Å². The minimum Gasteiger partial charge on any atom is -0.491 e. The van der Waals surface area contributed by atoms with Crippen LogP contribution >= 0.6 is 0 Å². The standard InChI is InChI=1S/C16H23NO/c1-4-17-10-8-14(9-11-17)15-6-5-7-16(12-15)18-13(2)3/h5-8,12-13H,4,9-11H2,1-3H3. The topological polar surface area (TPSA) is 12.5 Å². The van der Waals surface area contributed by atoms with E-state index in [0.29, 0.717) is 0 Å². The van der Waals surface area contributed by atoms with Gasteiger partial charge in [-0.3, -0.25) is 4.90 Å². The molecule has 0 spiro atoms. The van der Waals surface area contributed by atoms with E-state index in [1.54, 1.807) is 0 Å². The van der Waals surface area contributed by atoms with Crippen LogP contribution < -0.4 is 4.74 Å². The first-order valence-corrected chi connectivity index (χ1v) is 6.87. The minimum absolute atomic E-state index is 0.233. The second-order valence-electron chi connectivity index (χ2n) is 5.07. The molecule has 0 unspecified atom stereocenters. The maximum Gasteiger partial charge on any atom is 0.120 e. The lowest BCUT2D eigenvalue weighted by Crippen LogP contribution is -2.28. The molecule has 0 radical (unpaired) electrons. The lowest BCUT2D eigenvalue weighted by molar-refractivity contribution is 0.242. The quantitative estimate of drug-likeness (QED) is 0.804. The molecule has 2 heteroatoms. The van der Waals surface area contributed by atoms with Crippen LogP contribution in [0.25, 0.3) is 5.57 Å². The molecule has 0 aliphatic carbocycles. The Bertz CT molecular complexity index is 423. The SMILES string of the molecule is CCN1CC=C(c2cccc(OC(C)C)c2)CC1. The summed E-state index contributed by atoms with van der Waals surface area (Å²) in [5.41, 5.74) is 2.76. The first-order chi connectivity index (χ1) is 8.69. The van der Waals surface area contributed by atoms with Gasteiger partial charge in [0.1, 0.15) is 5.75 Å². The van der Waals surface area contributed by atoms with E-state index in [-0.39, 0.29) is 6.10 Å². The van der Waals surface area contributed by atoms with Gasteiger partial charge in [0, 0.05) is 13.1 Å². The fourth-order valence-electron chi connectivity index (χ4n) is 2.30. The summed E-state index contributed by atoms with van der Waals surface area (Å²) in [6.07, 6.45) is 3.72. The van der Waals surface area contributed by atoms with Crippen molar-refractivity contribution in [3.05, 3.63) is 35.9 Å². The zero-order valence-electron chi connectivity index (χ0n) is 11.6. The zero-order valence-corrected chi connectivity index (χ0v) is 11.6. The molecule has 0 amide bonds. The molecule has 1 aliphatic heterocycles. The smallest absolute Gasteiger partial charge is 0.120 e. The lowest BCUT2D eigenvalue weighted by atomic mass is 9.99. The molecule has 0 N–H and O–H groups in total. The van der Waals surface area contributed by atoms with Gasteiger partial charge in [0.25, 0.3) is 0 Å². The van der Waals surface area contributed by atoms with Crippen molar-refractivity contribution in [1.82, 2.24) is 4.90 Å². The maximum atomic E-state index is 5.75. The molecule has 2 rings (SSSR count). The number of nitrogens with zero attached hydrogens (tertiary/aromatic N) is 1. The van der Waals surface area contributed by atoms with Gasteiger partial charge in [0.15, 0.2) is 0 Å². The van der Waals surface area contributed by atoms with E-state index in [2.05, 4.69) is 49.9 Å². The van der Waals surface area contributed by atoms with Crippen LogP contribution in [-0.4, -0.2) is 30.6 Å². The molecular formula is C16H23NO. The minimum atomic E-state index is 0.233. The molecule has 0 atom stereocenters. The van der Waals surface area contributed by atoms with Crippen molar-refractivity contribution >= 4 is 5.57 Å². The van der Waals surface area contributed by atoms with Gasteiger partial charge < -0.3 is 4.74 Å². The van der Waals surface area contributed by atoms with E-state index in [1.165, 1.54) is 11.1 Å². The first-order valence-electron chi connectivity index (χ1n) is 6.87. The summed E-state index contributed by atoms with van der Waals surface area (Å²) in [5.74, 6) is 0.973. The van der Waals surface area contributed by atoms with E-state index < -0.39 is 0 Å². The Kier molecular flexibility index (Phi) is 4.43. The molecule has 0 saturated carbocycles. The van der Waals surface area contributed by atoms with E-state index in [0.717, 1.165) is 31.8 Å². The molecule has 1 aromatic carbocycles. The predicted octanol–water partition coefficient (Wildman–Crippen LogP) is 3.58. The molecule has 0 saturated heterocycles. The highest BCUT2D eigenvalue weighted by Crippen LogP contribution is 2.25. The second-order valence-corrected chi connectivity index (χ2v) is 5.07. The zero-order chi connectivity index (χ0) is 13.0. The van der Waals surface area contributed by atoms with Crippen LogP contribution in [0.4, 0.5) is 0 Å². The summed E-state index contributed by atoms with van der Waals surface area (Å²) >= 11 is 0. The third-order valence-corrected chi connectivity index (χ3v) is 3.32. The first kappa shape index (κ1) is 13.2. The van der Waals surface area contributed by atoms with Crippen molar-refractivity contribution in [2.45, 2.75) is 33.3 Å². The molecule has 1 aliphatic rings. The van der Waals surface area contributed by atoms with Gasteiger partial charge in [-0.1, -0.05) is 25.1 Å². The van der Waals surface area contributed by atoms with Crippen molar-refractivity contribution in [2.75, 3.05) is 19.6 Å². The highest BCUT2D eigenvalue weighted by molar-refractivity contribution is 5.67. The number of likely N-dealkylation sites (N-methyl/N-ethyl adjacent to an activating group) is 1. The summed E-state index contributed by atoms with van der Waals surface area (Å²) in [5, 5.41) is 0. The lowest BCUT2D eigenvalue weighted by Gasteiger charge is -2.25. The Morgan fingerprint density at radius 1 is 1.33 bits per heavy atom. The van der Waals surface area contributed by atoms with E-state index in [1.807, 2.05) is 6.07 Å². The van der Waals surface area contributed by atoms with Gasteiger partial charge in [-0.05, 0) is 50.1 Å². The summed E-state index contributed by atoms with van der Waals surface area (Å²) < 4.78 is 5.75. The number of rotatable bonds is 4. The fraction of sp³-hybridized carbons (Fsp3) is 0.500. The largest absolute Gasteiger partial charge is 0.491 e. The number of benzene rings is 1. The number of hydrogen-bond acceptors (Lipinski definition) is 2. The average molecular weight is 245 g/mol. The molecule has 0 bridgehead atoms. The van der Waals surface area contributed by atoms with E-state index in [4.69, 9.17) is 4.74 Å². The van der Waals surface area contributed by atoms with Gasteiger partial charge in [-0.2, -0.15) is 0 Å². The molecule has 1 heterocycles. The molecule has 0 fully saturated rings. The Morgan fingerprint density at radius 3 is 2.78 bits per heavy atom. The van der Waals surface area contributed by atoms with Crippen LogP contribution in [0.2, 0.25) is 0 Å². The Labute approximate surface area is 110 Å². The highest BCUT2D eigenvalue weighted by atomic mass is 16.5. The van der Waals surface area contributed by atoms with Crippen molar-refractivity contribution in [3.8, 4) is 5.75 Å². The van der Waals surface area contributed by atoms with Crippen molar-refractivity contribution in [3.63, 3.8) is 0 Å². The number of ether oxygens (including phenoxy) is 1. The van der Waals surface area contributed by atoms with E-state index >= 15 is 0 Å².